The highest BCUT2D eigenvalue weighted by Gasteiger charge is 2.12. The third kappa shape index (κ3) is 1.58. The molecule has 0 aliphatic rings. The van der Waals surface area contributed by atoms with E-state index < -0.39 is 0 Å². The van der Waals surface area contributed by atoms with Crippen LogP contribution < -0.4 is 5.73 Å². The predicted molar refractivity (Wildman–Crippen MR) is 58.8 cm³/mol. The smallest absolute Gasteiger partial charge is 0.131 e. The molecule has 0 fully saturated rings. The number of nitrogens with two attached hydrogens (primary N) is 1. The lowest BCUT2D eigenvalue weighted by molar-refractivity contribution is 0.631. The number of nitrogen functional groups attached to an aromatic ring is 1. The number of anilines is 1. The number of thiophene rings is 1. The van der Waals surface area contributed by atoms with Gasteiger partial charge in [0.25, 0.3) is 0 Å². The van der Waals surface area contributed by atoms with Crippen LogP contribution in [-0.4, -0.2) is 0 Å². The molecule has 0 atom stereocenters. The molecule has 2 aromatic rings. The Kier molecular flexibility index (Phi) is 2.40. The fourth-order valence-electron chi connectivity index (χ4n) is 1.34. The molecule has 74 valence electrons. The summed E-state index contributed by atoms with van der Waals surface area (Å²) in [6, 6.07) is 8.35. The van der Waals surface area contributed by atoms with Gasteiger partial charge in [0, 0.05) is 16.5 Å². The Morgan fingerprint density at radius 1 is 1.27 bits per heavy atom. The molecule has 0 amide bonds. The number of hydrogen-bond donors (Lipinski definition) is 1. The number of nitriles is 1. The first-order valence-electron chi connectivity index (χ1n) is 4.26. The van der Waals surface area contributed by atoms with Gasteiger partial charge in [-0.25, -0.2) is 4.39 Å². The average Bonchev–Trinajstić information content (AvgIpc) is 2.60. The van der Waals surface area contributed by atoms with Crippen molar-refractivity contribution in [1.29, 1.82) is 5.26 Å². The fraction of sp³-hybridized carbons (Fsp3) is 0. The van der Waals surface area contributed by atoms with Gasteiger partial charge in [0.15, 0.2) is 0 Å². The van der Waals surface area contributed by atoms with Crippen molar-refractivity contribution in [2.24, 2.45) is 0 Å². The average molecular weight is 218 g/mol. The lowest BCUT2D eigenvalue weighted by atomic mass is 10.1. The van der Waals surface area contributed by atoms with Crippen molar-refractivity contribution in [3.8, 4) is 17.2 Å². The standard InChI is InChI=1S/C11H7FN2S/c12-9-4-2-1-3-7(9)8-6-15-10(5-13)11(8)14/h1-4,6H,14H2. The maximum Gasteiger partial charge on any atom is 0.131 e. The molecule has 0 saturated carbocycles. The van der Waals surface area contributed by atoms with Gasteiger partial charge in [0.2, 0.25) is 0 Å². The molecule has 0 unspecified atom stereocenters. The SMILES string of the molecule is N#Cc1scc(-c2ccccc2F)c1N. The zero-order valence-electron chi connectivity index (χ0n) is 7.70. The van der Waals surface area contributed by atoms with Gasteiger partial charge in [0.05, 0.1) is 5.69 Å². The van der Waals surface area contributed by atoms with Gasteiger partial charge in [0.1, 0.15) is 16.8 Å². The van der Waals surface area contributed by atoms with Gasteiger partial charge in [-0.2, -0.15) is 5.26 Å². The molecule has 2 N–H and O–H groups in total. The second-order valence-electron chi connectivity index (χ2n) is 2.98. The highest BCUT2D eigenvalue weighted by atomic mass is 32.1. The van der Waals surface area contributed by atoms with Crippen molar-refractivity contribution in [2.45, 2.75) is 0 Å². The fourth-order valence-corrected chi connectivity index (χ4v) is 2.12. The van der Waals surface area contributed by atoms with E-state index in [9.17, 15) is 4.39 Å². The molecular formula is C11H7FN2S. The van der Waals surface area contributed by atoms with Crippen LogP contribution in [0.4, 0.5) is 10.1 Å². The molecule has 15 heavy (non-hydrogen) atoms. The van der Waals surface area contributed by atoms with E-state index in [2.05, 4.69) is 0 Å². The number of hydrogen-bond acceptors (Lipinski definition) is 3. The van der Waals surface area contributed by atoms with Crippen LogP contribution in [0.1, 0.15) is 4.88 Å². The maximum absolute atomic E-state index is 13.4. The van der Waals surface area contributed by atoms with Gasteiger partial charge in [-0.1, -0.05) is 18.2 Å². The number of benzene rings is 1. The molecule has 4 heteroatoms. The summed E-state index contributed by atoms with van der Waals surface area (Å²) in [5.41, 5.74) is 7.12. The van der Waals surface area contributed by atoms with E-state index in [0.29, 0.717) is 21.7 Å². The van der Waals surface area contributed by atoms with Crippen LogP contribution in [0.3, 0.4) is 0 Å². The van der Waals surface area contributed by atoms with E-state index in [0.717, 1.165) is 0 Å². The second kappa shape index (κ2) is 3.71. The Bertz CT molecular complexity index is 540. The van der Waals surface area contributed by atoms with Crippen LogP contribution in [0.5, 0.6) is 0 Å². The van der Waals surface area contributed by atoms with E-state index in [4.69, 9.17) is 11.0 Å². The normalized spacial score (nSPS) is 9.87. The summed E-state index contributed by atoms with van der Waals surface area (Å²) < 4.78 is 13.4. The molecule has 0 radical (unpaired) electrons. The van der Waals surface area contributed by atoms with Crippen molar-refractivity contribution in [1.82, 2.24) is 0 Å². The van der Waals surface area contributed by atoms with Crippen LogP contribution in [-0.2, 0) is 0 Å². The minimum Gasteiger partial charge on any atom is -0.396 e. The lowest BCUT2D eigenvalue weighted by Gasteiger charge is -2.01. The number of halogens is 1. The van der Waals surface area contributed by atoms with E-state index in [1.165, 1.54) is 17.4 Å². The Balaban J connectivity index is 2.61. The van der Waals surface area contributed by atoms with Gasteiger partial charge in [-0.15, -0.1) is 11.3 Å². The van der Waals surface area contributed by atoms with Crippen LogP contribution in [0.2, 0.25) is 0 Å². The first-order chi connectivity index (χ1) is 7.24. The summed E-state index contributed by atoms with van der Waals surface area (Å²) >= 11 is 1.23. The molecule has 2 rings (SSSR count). The molecular weight excluding hydrogens is 211 g/mol. The van der Waals surface area contributed by atoms with Gasteiger partial charge in [-0.05, 0) is 6.07 Å². The molecule has 0 aliphatic carbocycles. The topological polar surface area (TPSA) is 49.8 Å². The Hall–Kier alpha value is -1.86. The zero-order valence-corrected chi connectivity index (χ0v) is 8.51. The third-order valence-electron chi connectivity index (χ3n) is 2.09. The summed E-state index contributed by atoms with van der Waals surface area (Å²) in [5, 5.41) is 10.4. The first-order valence-corrected chi connectivity index (χ1v) is 5.14. The Labute approximate surface area is 90.4 Å². The van der Waals surface area contributed by atoms with Crippen molar-refractivity contribution < 1.29 is 4.39 Å². The molecule has 1 aromatic heterocycles. The molecule has 1 heterocycles. The van der Waals surface area contributed by atoms with Gasteiger partial charge >= 0.3 is 0 Å². The summed E-state index contributed by atoms with van der Waals surface area (Å²) in [4.78, 5) is 0.424. The van der Waals surface area contributed by atoms with E-state index in [1.807, 2.05) is 6.07 Å². The van der Waals surface area contributed by atoms with Crippen LogP contribution in [0.25, 0.3) is 11.1 Å². The van der Waals surface area contributed by atoms with Crippen molar-refractivity contribution in [2.75, 3.05) is 5.73 Å². The van der Waals surface area contributed by atoms with Crippen LogP contribution in [0.15, 0.2) is 29.6 Å². The highest BCUT2D eigenvalue weighted by molar-refractivity contribution is 7.11. The van der Waals surface area contributed by atoms with Gasteiger partial charge in [-0.3, -0.25) is 0 Å². The zero-order chi connectivity index (χ0) is 10.8. The van der Waals surface area contributed by atoms with Gasteiger partial charge < -0.3 is 5.73 Å². The third-order valence-corrected chi connectivity index (χ3v) is 3.00. The Morgan fingerprint density at radius 3 is 2.60 bits per heavy atom. The minimum atomic E-state index is -0.327. The summed E-state index contributed by atoms with van der Waals surface area (Å²) in [6.07, 6.45) is 0. The summed E-state index contributed by atoms with van der Waals surface area (Å²) in [7, 11) is 0. The van der Waals surface area contributed by atoms with E-state index in [1.54, 1.807) is 23.6 Å². The highest BCUT2D eigenvalue weighted by Crippen LogP contribution is 2.34. The van der Waals surface area contributed by atoms with Crippen molar-refractivity contribution in [3.05, 3.63) is 40.3 Å². The van der Waals surface area contributed by atoms with Crippen LogP contribution >= 0.6 is 11.3 Å². The molecule has 0 spiro atoms. The second-order valence-corrected chi connectivity index (χ2v) is 3.86. The van der Waals surface area contributed by atoms with Crippen molar-refractivity contribution >= 4 is 17.0 Å². The summed E-state index contributed by atoms with van der Waals surface area (Å²) in [6.45, 7) is 0. The largest absolute Gasteiger partial charge is 0.396 e. The Morgan fingerprint density at radius 2 is 2.00 bits per heavy atom. The monoisotopic (exact) mass is 218 g/mol. The lowest BCUT2D eigenvalue weighted by Crippen LogP contribution is -1.89. The van der Waals surface area contributed by atoms with E-state index in [-0.39, 0.29) is 5.82 Å². The quantitative estimate of drug-likeness (QED) is 0.799. The predicted octanol–water partition coefficient (Wildman–Crippen LogP) is 3.01. The summed E-state index contributed by atoms with van der Waals surface area (Å²) in [5.74, 6) is -0.327. The molecule has 2 nitrogen and oxygen atoms in total. The first kappa shape index (κ1) is 9.69. The molecule has 0 bridgehead atoms. The van der Waals surface area contributed by atoms with Crippen LogP contribution in [0, 0.1) is 17.1 Å². The van der Waals surface area contributed by atoms with Crippen molar-refractivity contribution in [3.63, 3.8) is 0 Å². The maximum atomic E-state index is 13.4. The molecule has 0 aliphatic heterocycles. The molecule has 1 aromatic carbocycles. The number of nitrogens with zero attached hydrogens (tertiary/aromatic N) is 1. The van der Waals surface area contributed by atoms with E-state index >= 15 is 0 Å². The minimum absolute atomic E-state index is 0.327. The number of rotatable bonds is 1. The molecule has 0 saturated heterocycles.